The van der Waals surface area contributed by atoms with Gasteiger partial charge in [0, 0.05) is 49.5 Å². The molecule has 5 N–H and O–H groups in total. The van der Waals surface area contributed by atoms with Crippen molar-refractivity contribution < 1.29 is 33.6 Å². The number of aromatic amines is 1. The van der Waals surface area contributed by atoms with Crippen LogP contribution in [0, 0.1) is 16.4 Å². The molecule has 1 aromatic carbocycles. The van der Waals surface area contributed by atoms with Crippen molar-refractivity contribution in [1.82, 2.24) is 14.9 Å². The van der Waals surface area contributed by atoms with E-state index in [0.29, 0.717) is 23.2 Å². The quantitative estimate of drug-likeness (QED) is 0.291. The van der Waals surface area contributed by atoms with Crippen molar-refractivity contribution in [2.24, 2.45) is 0 Å². The lowest BCUT2D eigenvalue weighted by Crippen LogP contribution is -2.58. The van der Waals surface area contributed by atoms with Crippen molar-refractivity contribution in [2.45, 2.75) is 37.8 Å². The van der Waals surface area contributed by atoms with Gasteiger partial charge in [-0.2, -0.15) is 0 Å². The Hall–Kier alpha value is -1.89. The number of nitrogens with zero attached hydrogens (tertiary/aromatic N) is 1. The van der Waals surface area contributed by atoms with Crippen LogP contribution in [0.2, 0.25) is 0 Å². The Morgan fingerprint density at radius 2 is 2.23 bits per heavy atom. The number of ether oxygens (including phenoxy) is 2. The third kappa shape index (κ3) is 4.71. The van der Waals surface area contributed by atoms with Gasteiger partial charge < -0.3 is 34.3 Å². The van der Waals surface area contributed by atoms with Gasteiger partial charge in [-0.1, -0.05) is 0 Å². The highest BCUT2D eigenvalue weighted by atomic mass is 32.1. The number of hydrogen-bond acceptors (Lipinski definition) is 7. The largest absolute Gasteiger partial charge is 0.488 e. The topological polar surface area (TPSA) is 112 Å². The van der Waals surface area contributed by atoms with Gasteiger partial charge in [-0.3, -0.25) is 5.32 Å². The number of nitrogens with one attached hydrogen (secondary N) is 2. The van der Waals surface area contributed by atoms with Crippen LogP contribution in [-0.4, -0.2) is 63.3 Å². The SMILES string of the molecule is CCO[C@@](O)(NCCc1c[nH]c(=S)n1[C@H]1COc2c(F)cc(F)cc2C1)C(O)CO. The maximum absolute atomic E-state index is 13.9. The Balaban J connectivity index is 1.74. The van der Waals surface area contributed by atoms with E-state index in [1.165, 1.54) is 6.07 Å². The highest BCUT2D eigenvalue weighted by Gasteiger charge is 2.36. The van der Waals surface area contributed by atoms with Crippen LogP contribution in [0.5, 0.6) is 5.75 Å². The molecule has 1 aliphatic rings. The maximum atomic E-state index is 13.9. The lowest BCUT2D eigenvalue weighted by atomic mass is 10.0. The number of aliphatic hydroxyl groups excluding tert-OH is 2. The maximum Gasteiger partial charge on any atom is 0.254 e. The molecule has 1 aliphatic heterocycles. The van der Waals surface area contributed by atoms with Crippen LogP contribution in [0.25, 0.3) is 0 Å². The molecule has 0 bridgehead atoms. The minimum atomic E-state index is -2.09. The Bertz CT molecular complexity index is 937. The highest BCUT2D eigenvalue weighted by Crippen LogP contribution is 2.33. The molecule has 2 heterocycles. The van der Waals surface area contributed by atoms with Gasteiger partial charge in [0.15, 0.2) is 16.3 Å². The molecule has 3 rings (SSSR count). The van der Waals surface area contributed by atoms with E-state index in [1.54, 1.807) is 13.1 Å². The fraction of sp³-hybridized carbons (Fsp3) is 0.526. The molecule has 2 aromatic rings. The Morgan fingerprint density at radius 3 is 2.93 bits per heavy atom. The number of H-pyrrole nitrogens is 1. The van der Waals surface area contributed by atoms with Gasteiger partial charge in [0.1, 0.15) is 18.5 Å². The minimum Gasteiger partial charge on any atom is -0.488 e. The first-order valence-electron chi connectivity index (χ1n) is 9.58. The van der Waals surface area contributed by atoms with Crippen LogP contribution in [-0.2, 0) is 17.6 Å². The van der Waals surface area contributed by atoms with E-state index < -0.39 is 30.3 Å². The normalized spacial score (nSPS) is 19.1. The smallest absolute Gasteiger partial charge is 0.254 e. The summed E-state index contributed by atoms with van der Waals surface area (Å²) in [5.74, 6) is -3.44. The van der Waals surface area contributed by atoms with Gasteiger partial charge in [0.2, 0.25) is 0 Å². The Kier molecular flexibility index (Phi) is 7.22. The standard InChI is InChI=1S/C19H25F2N3O5S/c1-2-29-19(27,16(26)9-25)23-4-3-13-8-22-18(30)24(13)14-6-11-5-12(20)7-15(21)17(11)28-10-14/h5,7-8,14,16,23,25-27H,2-4,6,9-10H2,1H3,(H,22,30)/t14-,16?,19-/m1/s1. The lowest BCUT2D eigenvalue weighted by molar-refractivity contribution is -0.278. The number of rotatable bonds is 9. The minimum absolute atomic E-state index is 0.0534. The molecule has 0 radical (unpaired) electrons. The summed E-state index contributed by atoms with van der Waals surface area (Å²) in [6.45, 7) is 1.43. The first-order valence-corrected chi connectivity index (χ1v) is 9.99. The van der Waals surface area contributed by atoms with E-state index in [0.717, 1.165) is 11.8 Å². The summed E-state index contributed by atoms with van der Waals surface area (Å²) < 4.78 is 40.4. The zero-order chi connectivity index (χ0) is 21.9. The summed E-state index contributed by atoms with van der Waals surface area (Å²) in [7, 11) is 0. The fourth-order valence-electron chi connectivity index (χ4n) is 3.57. The Labute approximate surface area is 177 Å². The molecule has 0 saturated carbocycles. The van der Waals surface area contributed by atoms with Gasteiger partial charge in [0.05, 0.1) is 12.6 Å². The van der Waals surface area contributed by atoms with Crippen molar-refractivity contribution in [3.63, 3.8) is 0 Å². The molecule has 0 saturated heterocycles. The van der Waals surface area contributed by atoms with Crippen LogP contribution in [0.15, 0.2) is 18.3 Å². The van der Waals surface area contributed by atoms with Crippen molar-refractivity contribution >= 4 is 12.2 Å². The monoisotopic (exact) mass is 445 g/mol. The van der Waals surface area contributed by atoms with E-state index in [9.17, 15) is 19.0 Å². The fourth-order valence-corrected chi connectivity index (χ4v) is 3.90. The number of hydrogen-bond donors (Lipinski definition) is 5. The Morgan fingerprint density at radius 1 is 1.47 bits per heavy atom. The summed E-state index contributed by atoms with van der Waals surface area (Å²) in [5, 5.41) is 32.0. The molecule has 11 heteroatoms. The van der Waals surface area contributed by atoms with Crippen LogP contribution in [0.3, 0.4) is 0 Å². The first kappa shape index (κ1) is 22.8. The second-order valence-corrected chi connectivity index (χ2v) is 7.39. The van der Waals surface area contributed by atoms with E-state index in [2.05, 4.69) is 10.3 Å². The zero-order valence-corrected chi connectivity index (χ0v) is 17.2. The number of benzene rings is 1. The summed E-state index contributed by atoms with van der Waals surface area (Å²) >= 11 is 5.37. The van der Waals surface area contributed by atoms with Crippen molar-refractivity contribution in [2.75, 3.05) is 26.4 Å². The van der Waals surface area contributed by atoms with Crippen LogP contribution < -0.4 is 10.1 Å². The number of fused-ring (bicyclic) bond motifs is 1. The summed E-state index contributed by atoms with van der Waals surface area (Å²) in [5.41, 5.74) is 1.19. The number of imidazole rings is 1. The average molecular weight is 445 g/mol. The summed E-state index contributed by atoms with van der Waals surface area (Å²) in [6.07, 6.45) is 0.886. The molecule has 3 atom stereocenters. The predicted octanol–water partition coefficient (Wildman–Crippen LogP) is 1.17. The number of halogens is 2. The molecule has 1 unspecified atom stereocenters. The van der Waals surface area contributed by atoms with Crippen molar-refractivity contribution in [3.8, 4) is 5.75 Å². The zero-order valence-electron chi connectivity index (χ0n) is 16.4. The van der Waals surface area contributed by atoms with E-state index in [4.69, 9.17) is 26.8 Å². The molecule has 0 spiro atoms. The second-order valence-electron chi connectivity index (χ2n) is 7.00. The molecular weight excluding hydrogens is 420 g/mol. The molecule has 166 valence electrons. The summed E-state index contributed by atoms with van der Waals surface area (Å²) in [6, 6.07) is 1.76. The lowest BCUT2D eigenvalue weighted by Gasteiger charge is -2.32. The van der Waals surface area contributed by atoms with Gasteiger partial charge in [-0.25, -0.2) is 8.78 Å². The van der Waals surface area contributed by atoms with Gasteiger partial charge in [-0.15, -0.1) is 0 Å². The van der Waals surface area contributed by atoms with Crippen LogP contribution in [0.4, 0.5) is 8.78 Å². The average Bonchev–Trinajstić information content (AvgIpc) is 3.07. The summed E-state index contributed by atoms with van der Waals surface area (Å²) in [4.78, 5) is 2.95. The third-order valence-electron chi connectivity index (χ3n) is 4.96. The molecule has 1 aromatic heterocycles. The van der Waals surface area contributed by atoms with Crippen LogP contribution in [0.1, 0.15) is 24.2 Å². The molecule has 0 fully saturated rings. The molecule has 0 aliphatic carbocycles. The second kappa shape index (κ2) is 9.50. The molecule has 30 heavy (non-hydrogen) atoms. The van der Waals surface area contributed by atoms with E-state index in [1.807, 2.05) is 4.57 Å². The molecule has 8 nitrogen and oxygen atoms in total. The number of aromatic nitrogens is 2. The van der Waals surface area contributed by atoms with Crippen molar-refractivity contribution in [3.05, 3.63) is 46.0 Å². The van der Waals surface area contributed by atoms with E-state index >= 15 is 0 Å². The van der Waals surface area contributed by atoms with E-state index in [-0.39, 0.29) is 31.5 Å². The first-order chi connectivity index (χ1) is 14.3. The van der Waals surface area contributed by atoms with Gasteiger partial charge in [0.25, 0.3) is 5.91 Å². The number of aliphatic hydroxyl groups is 3. The molecule has 0 amide bonds. The predicted molar refractivity (Wildman–Crippen MR) is 106 cm³/mol. The van der Waals surface area contributed by atoms with Gasteiger partial charge >= 0.3 is 0 Å². The van der Waals surface area contributed by atoms with Crippen molar-refractivity contribution in [1.29, 1.82) is 0 Å². The highest BCUT2D eigenvalue weighted by molar-refractivity contribution is 7.71. The van der Waals surface area contributed by atoms with Crippen LogP contribution >= 0.6 is 12.2 Å². The molecular formula is C19H25F2N3O5S. The third-order valence-corrected chi connectivity index (χ3v) is 5.28. The van der Waals surface area contributed by atoms with Gasteiger partial charge in [-0.05, 0) is 25.2 Å².